The number of amides is 1. The summed E-state index contributed by atoms with van der Waals surface area (Å²) >= 11 is 0. The van der Waals surface area contributed by atoms with Crippen LogP contribution in [0.1, 0.15) is 28.8 Å². The first-order valence-electron chi connectivity index (χ1n) is 9.02. The number of carbonyl (C=O) groups is 1. The molecule has 5 heteroatoms. The molecule has 0 bridgehead atoms. The number of hydrogen-bond donors (Lipinski definition) is 2. The van der Waals surface area contributed by atoms with Crippen LogP contribution in [-0.4, -0.2) is 34.9 Å². The third-order valence-corrected chi connectivity index (χ3v) is 5.06. The Hall–Kier alpha value is -2.66. The molecule has 1 saturated heterocycles. The van der Waals surface area contributed by atoms with Gasteiger partial charge in [0.2, 0.25) is 0 Å². The van der Waals surface area contributed by atoms with Crippen LogP contribution < -0.4 is 5.32 Å². The number of hydrogen-bond acceptors (Lipinski definition) is 2. The predicted octanol–water partition coefficient (Wildman–Crippen LogP) is 3.70. The number of nitrogens with zero attached hydrogens (tertiary/aromatic N) is 1. The van der Waals surface area contributed by atoms with Gasteiger partial charge in [0.25, 0.3) is 5.91 Å². The fraction of sp³-hybridized carbons (Fsp3) is 0.286. The van der Waals surface area contributed by atoms with Gasteiger partial charge in [-0.2, -0.15) is 0 Å². The molecule has 0 spiro atoms. The largest absolute Gasteiger partial charge is 0.361 e. The molecule has 1 amide bonds. The van der Waals surface area contributed by atoms with Gasteiger partial charge in [-0.25, -0.2) is 4.39 Å². The smallest absolute Gasteiger partial charge is 0.251 e. The summed E-state index contributed by atoms with van der Waals surface area (Å²) in [6, 6.07) is 14.6. The number of nitrogens with one attached hydrogen (secondary N) is 2. The highest BCUT2D eigenvalue weighted by atomic mass is 19.1. The van der Waals surface area contributed by atoms with Crippen molar-refractivity contribution in [2.45, 2.75) is 25.4 Å². The lowest BCUT2D eigenvalue weighted by Crippen LogP contribution is -2.44. The Morgan fingerprint density at radius 3 is 2.65 bits per heavy atom. The average Bonchev–Trinajstić information content (AvgIpc) is 3.13. The van der Waals surface area contributed by atoms with Gasteiger partial charge in [0.05, 0.1) is 0 Å². The minimum Gasteiger partial charge on any atom is -0.361 e. The Morgan fingerprint density at radius 1 is 1.12 bits per heavy atom. The van der Waals surface area contributed by atoms with E-state index in [-0.39, 0.29) is 17.8 Å². The van der Waals surface area contributed by atoms with Crippen molar-refractivity contribution in [2.24, 2.45) is 0 Å². The fourth-order valence-electron chi connectivity index (χ4n) is 3.54. The van der Waals surface area contributed by atoms with Gasteiger partial charge in [-0.3, -0.25) is 9.69 Å². The highest BCUT2D eigenvalue weighted by Gasteiger charge is 2.21. The first-order valence-corrected chi connectivity index (χ1v) is 9.02. The fourth-order valence-corrected chi connectivity index (χ4v) is 3.54. The molecule has 134 valence electrons. The summed E-state index contributed by atoms with van der Waals surface area (Å²) in [4.78, 5) is 18.0. The lowest BCUT2D eigenvalue weighted by molar-refractivity contribution is 0.0909. The van der Waals surface area contributed by atoms with Crippen molar-refractivity contribution < 1.29 is 9.18 Å². The molecule has 0 atom stereocenters. The molecule has 0 radical (unpaired) electrons. The molecule has 0 unspecified atom stereocenters. The van der Waals surface area contributed by atoms with Crippen molar-refractivity contribution in [1.82, 2.24) is 15.2 Å². The SMILES string of the molecule is O=C(NC1CCN(Cc2ccc(F)cc2)CC1)c1ccc2cc[nH]c2c1. The summed E-state index contributed by atoms with van der Waals surface area (Å²) < 4.78 is 13.0. The Kier molecular flexibility index (Phi) is 4.71. The van der Waals surface area contributed by atoms with E-state index in [0.29, 0.717) is 5.56 Å². The number of aromatic nitrogens is 1. The molecule has 2 N–H and O–H groups in total. The molecule has 0 aliphatic carbocycles. The van der Waals surface area contributed by atoms with Crippen molar-refractivity contribution >= 4 is 16.8 Å². The van der Waals surface area contributed by atoms with Crippen LogP contribution in [-0.2, 0) is 6.54 Å². The molecule has 1 aromatic heterocycles. The van der Waals surface area contributed by atoms with E-state index in [0.717, 1.165) is 48.9 Å². The number of halogens is 1. The number of piperidine rings is 1. The van der Waals surface area contributed by atoms with Gasteiger partial charge in [-0.15, -0.1) is 0 Å². The van der Waals surface area contributed by atoms with E-state index >= 15 is 0 Å². The Morgan fingerprint density at radius 2 is 1.88 bits per heavy atom. The minimum absolute atomic E-state index is 0.0153. The van der Waals surface area contributed by atoms with Crippen molar-refractivity contribution in [3.63, 3.8) is 0 Å². The van der Waals surface area contributed by atoms with E-state index in [1.54, 1.807) is 0 Å². The third kappa shape index (κ3) is 3.78. The Labute approximate surface area is 152 Å². The van der Waals surface area contributed by atoms with Crippen molar-refractivity contribution in [3.05, 3.63) is 71.7 Å². The topological polar surface area (TPSA) is 48.1 Å². The standard InChI is InChI=1S/C21H22FN3O/c22-18-5-1-15(2-6-18)14-25-11-8-19(9-12-25)24-21(26)17-4-3-16-7-10-23-20(16)13-17/h1-7,10,13,19,23H,8-9,11-12,14H2,(H,24,26). The van der Waals surface area contributed by atoms with Crippen LogP contribution in [0, 0.1) is 5.82 Å². The summed E-state index contributed by atoms with van der Waals surface area (Å²) in [6.45, 7) is 2.68. The van der Waals surface area contributed by atoms with Gasteiger partial charge >= 0.3 is 0 Å². The first-order chi connectivity index (χ1) is 12.7. The van der Waals surface area contributed by atoms with Crippen LogP contribution in [0.25, 0.3) is 10.9 Å². The van der Waals surface area contributed by atoms with Gasteiger partial charge in [-0.05, 0) is 54.1 Å². The number of carbonyl (C=O) groups excluding carboxylic acids is 1. The molecular formula is C21H22FN3O. The normalized spacial score (nSPS) is 16.0. The molecule has 1 fully saturated rings. The predicted molar refractivity (Wildman–Crippen MR) is 100 cm³/mol. The molecule has 3 aromatic rings. The summed E-state index contributed by atoms with van der Waals surface area (Å²) in [5.74, 6) is -0.216. The molecular weight excluding hydrogens is 329 g/mol. The number of likely N-dealkylation sites (tertiary alicyclic amines) is 1. The molecule has 0 saturated carbocycles. The van der Waals surface area contributed by atoms with E-state index in [2.05, 4.69) is 15.2 Å². The highest BCUT2D eigenvalue weighted by Crippen LogP contribution is 2.17. The second kappa shape index (κ2) is 7.30. The van der Waals surface area contributed by atoms with E-state index in [1.807, 2.05) is 42.6 Å². The molecule has 1 aliphatic rings. The molecule has 4 rings (SSSR count). The molecule has 26 heavy (non-hydrogen) atoms. The summed E-state index contributed by atoms with van der Waals surface area (Å²) in [5, 5.41) is 4.26. The van der Waals surface area contributed by atoms with Crippen LogP contribution in [0.2, 0.25) is 0 Å². The van der Waals surface area contributed by atoms with Gasteiger partial charge in [0.1, 0.15) is 5.82 Å². The second-order valence-corrected chi connectivity index (χ2v) is 6.93. The Bertz CT molecular complexity index is 895. The molecule has 2 heterocycles. The number of rotatable bonds is 4. The second-order valence-electron chi connectivity index (χ2n) is 6.93. The maximum Gasteiger partial charge on any atom is 0.251 e. The van der Waals surface area contributed by atoms with Crippen molar-refractivity contribution in [1.29, 1.82) is 0 Å². The van der Waals surface area contributed by atoms with E-state index in [4.69, 9.17) is 0 Å². The zero-order valence-electron chi connectivity index (χ0n) is 14.5. The summed E-state index contributed by atoms with van der Waals surface area (Å²) in [7, 11) is 0. The van der Waals surface area contributed by atoms with Gasteiger partial charge < -0.3 is 10.3 Å². The van der Waals surface area contributed by atoms with E-state index in [1.165, 1.54) is 12.1 Å². The average molecular weight is 351 g/mol. The molecule has 1 aliphatic heterocycles. The van der Waals surface area contributed by atoms with Crippen LogP contribution in [0.3, 0.4) is 0 Å². The van der Waals surface area contributed by atoms with Crippen molar-refractivity contribution in [2.75, 3.05) is 13.1 Å². The zero-order chi connectivity index (χ0) is 17.9. The zero-order valence-corrected chi connectivity index (χ0v) is 14.5. The van der Waals surface area contributed by atoms with Crippen LogP contribution in [0.15, 0.2) is 54.7 Å². The highest BCUT2D eigenvalue weighted by molar-refractivity contribution is 5.98. The quantitative estimate of drug-likeness (QED) is 0.753. The molecule has 2 aromatic carbocycles. The Balaban J connectivity index is 1.30. The number of fused-ring (bicyclic) bond motifs is 1. The number of aromatic amines is 1. The van der Waals surface area contributed by atoms with E-state index < -0.39 is 0 Å². The molecule has 4 nitrogen and oxygen atoms in total. The van der Waals surface area contributed by atoms with Gasteiger partial charge in [0.15, 0.2) is 0 Å². The lowest BCUT2D eigenvalue weighted by atomic mass is 10.0. The number of benzene rings is 2. The third-order valence-electron chi connectivity index (χ3n) is 5.06. The summed E-state index contributed by atoms with van der Waals surface area (Å²) in [6.07, 6.45) is 3.73. The van der Waals surface area contributed by atoms with Crippen molar-refractivity contribution in [3.8, 4) is 0 Å². The number of H-pyrrole nitrogens is 1. The minimum atomic E-state index is -0.201. The van der Waals surface area contributed by atoms with Gasteiger partial charge in [0, 0.05) is 43.0 Å². The maximum absolute atomic E-state index is 13.0. The lowest BCUT2D eigenvalue weighted by Gasteiger charge is -2.32. The first kappa shape index (κ1) is 16.8. The van der Waals surface area contributed by atoms with Gasteiger partial charge in [-0.1, -0.05) is 18.2 Å². The maximum atomic E-state index is 13.0. The van der Waals surface area contributed by atoms with Crippen LogP contribution in [0.5, 0.6) is 0 Å². The van der Waals surface area contributed by atoms with E-state index in [9.17, 15) is 9.18 Å². The summed E-state index contributed by atoms with van der Waals surface area (Å²) in [5.41, 5.74) is 2.79. The monoisotopic (exact) mass is 351 g/mol. The van der Waals surface area contributed by atoms with Crippen LogP contribution in [0.4, 0.5) is 4.39 Å². The van der Waals surface area contributed by atoms with Crippen LogP contribution >= 0.6 is 0 Å².